The van der Waals surface area contributed by atoms with Crippen molar-refractivity contribution >= 4 is 29.0 Å². The van der Waals surface area contributed by atoms with Crippen LogP contribution in [0.2, 0.25) is 0 Å². The van der Waals surface area contributed by atoms with Crippen LogP contribution in [0.1, 0.15) is 44.7 Å². The van der Waals surface area contributed by atoms with Crippen LogP contribution < -0.4 is 10.6 Å². The Morgan fingerprint density at radius 3 is 2.62 bits per heavy atom. The number of para-hydroxylation sites is 1. The zero-order valence-electron chi connectivity index (χ0n) is 13.3. The highest BCUT2D eigenvalue weighted by atomic mass is 32.1. The van der Waals surface area contributed by atoms with Crippen LogP contribution in [0.25, 0.3) is 0 Å². The number of carbonyl (C=O) groups is 1. The molecule has 2 N–H and O–H groups in total. The van der Waals surface area contributed by atoms with E-state index in [9.17, 15) is 4.79 Å². The van der Waals surface area contributed by atoms with Crippen molar-refractivity contribution in [1.82, 2.24) is 10.2 Å². The zero-order valence-corrected chi connectivity index (χ0v) is 14.1. The lowest BCUT2D eigenvalue weighted by Gasteiger charge is -2.21. The van der Waals surface area contributed by atoms with Gasteiger partial charge in [-0.2, -0.15) is 0 Å². The third kappa shape index (κ3) is 3.35. The maximum Gasteiger partial charge on any atom is 0.328 e. The van der Waals surface area contributed by atoms with Gasteiger partial charge in [0.2, 0.25) is 0 Å². The molecular formula is C16H23N3OS. The third-order valence-corrected chi connectivity index (χ3v) is 3.97. The lowest BCUT2D eigenvalue weighted by atomic mass is 9.98. The van der Waals surface area contributed by atoms with Crippen molar-refractivity contribution in [3.63, 3.8) is 0 Å². The number of benzene rings is 1. The lowest BCUT2D eigenvalue weighted by Crippen LogP contribution is -2.37. The Labute approximate surface area is 131 Å². The molecule has 0 spiro atoms. The van der Waals surface area contributed by atoms with Crippen LogP contribution in [0.15, 0.2) is 18.2 Å². The number of aryl methyl sites for hydroxylation is 1. The van der Waals surface area contributed by atoms with Gasteiger partial charge in [-0.05, 0) is 50.0 Å². The molecule has 0 atom stereocenters. The maximum absolute atomic E-state index is 12.5. The first-order chi connectivity index (χ1) is 9.71. The van der Waals surface area contributed by atoms with E-state index in [1.807, 2.05) is 32.9 Å². The number of nitrogens with one attached hydrogen (secondary N) is 2. The molecule has 1 aromatic rings. The van der Waals surface area contributed by atoms with Crippen LogP contribution in [0.4, 0.5) is 10.5 Å². The lowest BCUT2D eigenvalue weighted by molar-refractivity contribution is 0.233. The molecule has 1 aliphatic rings. The van der Waals surface area contributed by atoms with Crippen molar-refractivity contribution in [2.75, 3.05) is 11.9 Å². The van der Waals surface area contributed by atoms with Gasteiger partial charge >= 0.3 is 6.03 Å². The standard InChI is InChI=1S/C16H23N3OS/c1-10(2)12-8-6-7-11(3)13(12)17-14(20)19-9-16(4,5)18-15(19)21/h6-8,10H,9H2,1-5H3,(H,17,20)(H,18,21). The van der Waals surface area contributed by atoms with E-state index in [1.54, 1.807) is 4.90 Å². The SMILES string of the molecule is Cc1cccc(C(C)C)c1NC(=O)N1CC(C)(C)NC1=S. The van der Waals surface area contributed by atoms with E-state index in [2.05, 4.69) is 30.5 Å². The summed E-state index contributed by atoms with van der Waals surface area (Å²) in [6, 6.07) is 5.91. The van der Waals surface area contributed by atoms with Gasteiger partial charge in [-0.15, -0.1) is 0 Å². The second-order valence-corrected chi connectivity index (χ2v) is 6.91. The molecule has 0 saturated carbocycles. The number of thiocarbonyl (C=S) groups is 1. The number of rotatable bonds is 2. The third-order valence-electron chi connectivity index (χ3n) is 3.65. The van der Waals surface area contributed by atoms with Gasteiger partial charge in [0.15, 0.2) is 5.11 Å². The summed E-state index contributed by atoms with van der Waals surface area (Å²) >= 11 is 5.25. The fraction of sp³-hybridized carbons (Fsp3) is 0.500. The van der Waals surface area contributed by atoms with E-state index in [4.69, 9.17) is 12.2 Å². The molecular weight excluding hydrogens is 282 g/mol. The monoisotopic (exact) mass is 305 g/mol. The highest BCUT2D eigenvalue weighted by molar-refractivity contribution is 7.80. The van der Waals surface area contributed by atoms with Crippen molar-refractivity contribution in [3.8, 4) is 0 Å². The summed E-state index contributed by atoms with van der Waals surface area (Å²) in [6.07, 6.45) is 0. The van der Waals surface area contributed by atoms with Gasteiger partial charge in [-0.25, -0.2) is 4.79 Å². The van der Waals surface area contributed by atoms with Crippen LogP contribution in [0.5, 0.6) is 0 Å². The van der Waals surface area contributed by atoms with E-state index in [0.717, 1.165) is 16.8 Å². The minimum Gasteiger partial charge on any atom is -0.355 e. The normalized spacial score (nSPS) is 17.0. The first kappa shape index (κ1) is 15.8. The molecule has 2 amide bonds. The molecule has 1 fully saturated rings. The summed E-state index contributed by atoms with van der Waals surface area (Å²) in [5.74, 6) is 0.347. The van der Waals surface area contributed by atoms with E-state index in [-0.39, 0.29) is 11.6 Å². The molecule has 114 valence electrons. The molecule has 0 unspecified atom stereocenters. The average molecular weight is 305 g/mol. The summed E-state index contributed by atoms with van der Waals surface area (Å²) in [5.41, 5.74) is 2.92. The van der Waals surface area contributed by atoms with Gasteiger partial charge in [-0.1, -0.05) is 32.0 Å². The first-order valence-corrected chi connectivity index (χ1v) is 7.62. The van der Waals surface area contributed by atoms with Crippen LogP contribution in [-0.4, -0.2) is 28.1 Å². The molecule has 0 aliphatic carbocycles. The second-order valence-electron chi connectivity index (χ2n) is 6.52. The molecule has 4 nitrogen and oxygen atoms in total. The van der Waals surface area contributed by atoms with Gasteiger partial charge in [-0.3, -0.25) is 4.90 Å². The topological polar surface area (TPSA) is 44.4 Å². The highest BCUT2D eigenvalue weighted by Gasteiger charge is 2.36. The summed E-state index contributed by atoms with van der Waals surface area (Å²) in [4.78, 5) is 14.1. The van der Waals surface area contributed by atoms with Gasteiger partial charge in [0, 0.05) is 5.69 Å². The van der Waals surface area contributed by atoms with E-state index in [1.165, 1.54) is 0 Å². The number of amides is 2. The Kier molecular flexibility index (Phi) is 4.23. The molecule has 0 radical (unpaired) electrons. The quantitative estimate of drug-likeness (QED) is 0.820. The second kappa shape index (κ2) is 5.64. The van der Waals surface area contributed by atoms with Crippen LogP contribution >= 0.6 is 12.2 Å². The molecule has 5 heteroatoms. The molecule has 1 saturated heterocycles. The molecule has 21 heavy (non-hydrogen) atoms. The average Bonchev–Trinajstić information content (AvgIpc) is 2.65. The fourth-order valence-corrected chi connectivity index (χ4v) is 2.97. The van der Waals surface area contributed by atoms with E-state index in [0.29, 0.717) is 17.6 Å². The van der Waals surface area contributed by atoms with E-state index < -0.39 is 0 Å². The molecule has 0 aromatic heterocycles. The number of hydrogen-bond donors (Lipinski definition) is 2. The Hall–Kier alpha value is -1.62. The number of urea groups is 1. The Morgan fingerprint density at radius 2 is 2.10 bits per heavy atom. The zero-order chi connectivity index (χ0) is 15.8. The van der Waals surface area contributed by atoms with Gasteiger partial charge in [0.1, 0.15) is 0 Å². The van der Waals surface area contributed by atoms with Crippen LogP contribution in [-0.2, 0) is 0 Å². The van der Waals surface area contributed by atoms with Gasteiger partial charge in [0.05, 0.1) is 12.1 Å². The number of carbonyl (C=O) groups excluding carboxylic acids is 1. The molecule has 1 aromatic carbocycles. The van der Waals surface area contributed by atoms with Crippen molar-refractivity contribution in [2.24, 2.45) is 0 Å². The Bertz CT molecular complexity index is 581. The molecule has 1 aliphatic heterocycles. The largest absolute Gasteiger partial charge is 0.355 e. The van der Waals surface area contributed by atoms with Gasteiger partial charge < -0.3 is 10.6 Å². The number of nitrogens with zero attached hydrogens (tertiary/aromatic N) is 1. The Morgan fingerprint density at radius 1 is 1.43 bits per heavy atom. The van der Waals surface area contributed by atoms with Gasteiger partial charge in [0.25, 0.3) is 0 Å². The minimum absolute atomic E-state index is 0.172. The smallest absolute Gasteiger partial charge is 0.328 e. The van der Waals surface area contributed by atoms with E-state index >= 15 is 0 Å². The first-order valence-electron chi connectivity index (χ1n) is 7.21. The fourth-order valence-electron chi connectivity index (χ4n) is 2.54. The maximum atomic E-state index is 12.5. The molecule has 1 heterocycles. The minimum atomic E-state index is -0.180. The van der Waals surface area contributed by atoms with Crippen LogP contribution in [0, 0.1) is 6.92 Å². The van der Waals surface area contributed by atoms with Crippen molar-refractivity contribution in [3.05, 3.63) is 29.3 Å². The predicted octanol–water partition coefficient (Wildman–Crippen LogP) is 3.62. The van der Waals surface area contributed by atoms with Crippen molar-refractivity contribution < 1.29 is 4.79 Å². The summed E-state index contributed by atoms with van der Waals surface area (Å²) in [7, 11) is 0. The summed E-state index contributed by atoms with van der Waals surface area (Å²) < 4.78 is 0. The van der Waals surface area contributed by atoms with Crippen LogP contribution in [0.3, 0.4) is 0 Å². The number of hydrogen-bond acceptors (Lipinski definition) is 2. The predicted molar refractivity (Wildman–Crippen MR) is 90.8 cm³/mol. The van der Waals surface area contributed by atoms with Crippen molar-refractivity contribution in [1.29, 1.82) is 0 Å². The molecule has 2 rings (SSSR count). The number of anilines is 1. The summed E-state index contributed by atoms with van der Waals surface area (Å²) in [6.45, 7) is 10.9. The van der Waals surface area contributed by atoms with Crippen molar-refractivity contribution in [2.45, 2.75) is 46.1 Å². The highest BCUT2D eigenvalue weighted by Crippen LogP contribution is 2.28. The molecule has 0 bridgehead atoms. The summed E-state index contributed by atoms with van der Waals surface area (Å²) in [5, 5.41) is 6.67. The Balaban J connectivity index is 2.23.